The van der Waals surface area contributed by atoms with Crippen LogP contribution in [0.15, 0.2) is 121 Å². The predicted octanol–water partition coefficient (Wildman–Crippen LogP) is 5.16. The minimum atomic E-state index is -4.32. The summed E-state index contributed by atoms with van der Waals surface area (Å²) in [5.74, 6) is 1.16. The zero-order valence-electron chi connectivity index (χ0n) is 30.3. The van der Waals surface area contributed by atoms with E-state index < -0.39 is 34.5 Å². The van der Waals surface area contributed by atoms with Crippen molar-refractivity contribution in [3.05, 3.63) is 132 Å². The summed E-state index contributed by atoms with van der Waals surface area (Å²) in [6.45, 7) is 0.872. The molecule has 5 rings (SSSR count). The number of para-hydroxylation sites is 2. The van der Waals surface area contributed by atoms with Gasteiger partial charge >= 0.3 is 0 Å². The van der Waals surface area contributed by atoms with E-state index in [1.54, 1.807) is 14.2 Å². The van der Waals surface area contributed by atoms with Crippen molar-refractivity contribution >= 4 is 10.2 Å². The van der Waals surface area contributed by atoms with E-state index in [1.807, 2.05) is 121 Å². The van der Waals surface area contributed by atoms with Gasteiger partial charge in [-0.3, -0.25) is 0 Å². The van der Waals surface area contributed by atoms with E-state index in [0.29, 0.717) is 24.7 Å². The van der Waals surface area contributed by atoms with Crippen molar-refractivity contribution in [2.45, 2.75) is 37.4 Å². The third kappa shape index (κ3) is 12.1. The SMILES string of the molecule is COCCOCO[C@@H]1[C@@H](OCOCCOC)[C@@H](COc2ccccc2)N(Cc2ccccc2)S(=O)(=O)N(Cc2ccccc2)[C@@H]1COc1ccccc1. The van der Waals surface area contributed by atoms with Gasteiger partial charge in [0.2, 0.25) is 0 Å². The van der Waals surface area contributed by atoms with Gasteiger partial charge in [-0.05, 0) is 35.4 Å². The molecule has 4 aromatic rings. The Hall–Kier alpha value is -3.89. The molecule has 0 bridgehead atoms. The van der Waals surface area contributed by atoms with Crippen LogP contribution in [0.4, 0.5) is 0 Å². The van der Waals surface area contributed by atoms with Crippen LogP contribution >= 0.6 is 0 Å². The number of ether oxygens (including phenoxy) is 8. The van der Waals surface area contributed by atoms with Crippen LogP contribution in [0.5, 0.6) is 11.5 Å². The van der Waals surface area contributed by atoms with E-state index in [2.05, 4.69) is 0 Å². The minimum Gasteiger partial charge on any atom is -0.492 e. The van der Waals surface area contributed by atoms with Crippen molar-refractivity contribution < 1.29 is 46.3 Å². The first-order chi connectivity index (χ1) is 26.0. The summed E-state index contributed by atoms with van der Waals surface area (Å²) in [6.07, 6.45) is -1.87. The molecule has 13 heteroatoms. The van der Waals surface area contributed by atoms with Crippen molar-refractivity contribution in [3.8, 4) is 11.5 Å². The second-order valence-corrected chi connectivity index (χ2v) is 14.1. The Balaban J connectivity index is 1.64. The molecular formula is C40H50N2O10S. The van der Waals surface area contributed by atoms with Gasteiger partial charge in [-0.25, -0.2) is 0 Å². The molecule has 12 nitrogen and oxygen atoms in total. The normalized spacial score (nSPS) is 20.5. The molecule has 0 amide bonds. The van der Waals surface area contributed by atoms with Crippen molar-refractivity contribution in [2.24, 2.45) is 0 Å². The molecule has 1 fully saturated rings. The molecule has 4 atom stereocenters. The quantitative estimate of drug-likeness (QED) is 0.0789. The molecule has 0 N–H and O–H groups in total. The fraction of sp³-hybridized carbons (Fsp3) is 0.400. The van der Waals surface area contributed by atoms with Gasteiger partial charge in [0.05, 0.1) is 38.5 Å². The molecule has 1 aliphatic heterocycles. The number of methoxy groups -OCH3 is 2. The molecule has 0 spiro atoms. The number of nitrogens with zero attached hydrogens (tertiary/aromatic N) is 2. The number of hydrogen-bond acceptors (Lipinski definition) is 10. The summed E-state index contributed by atoms with van der Waals surface area (Å²) in [6, 6.07) is 35.6. The first-order valence-corrected chi connectivity index (χ1v) is 19.0. The fourth-order valence-electron chi connectivity index (χ4n) is 5.99. The summed E-state index contributed by atoms with van der Waals surface area (Å²) in [7, 11) is -1.15. The molecule has 0 unspecified atom stereocenters. The molecule has 0 aliphatic carbocycles. The molecule has 0 aromatic heterocycles. The Kier molecular flexibility index (Phi) is 16.5. The molecule has 1 heterocycles. The standard InChI is InChI=1S/C40H50N2O10S/c1-45-23-25-47-31-51-39-37(29-49-35-19-11-5-12-20-35)41(27-33-15-7-3-8-16-33)53(43,44)42(28-34-17-9-4-10-18-34)38(30-50-36-21-13-6-14-22-36)40(39)52-32-48-26-24-46-2/h3-22,37-40H,23-32H2,1-2H3/t37-,38-,39+,40+/m1/s1. The highest BCUT2D eigenvalue weighted by atomic mass is 32.2. The molecule has 286 valence electrons. The highest BCUT2D eigenvalue weighted by Crippen LogP contribution is 2.34. The Morgan fingerprint density at radius 1 is 0.509 bits per heavy atom. The van der Waals surface area contributed by atoms with Crippen LogP contribution in [0, 0.1) is 0 Å². The Bertz CT molecular complexity index is 1550. The highest BCUT2D eigenvalue weighted by Gasteiger charge is 2.53. The monoisotopic (exact) mass is 750 g/mol. The number of hydrogen-bond donors (Lipinski definition) is 0. The highest BCUT2D eigenvalue weighted by molar-refractivity contribution is 7.86. The van der Waals surface area contributed by atoms with Gasteiger partial charge in [-0.2, -0.15) is 17.0 Å². The van der Waals surface area contributed by atoms with Gasteiger partial charge < -0.3 is 37.9 Å². The lowest BCUT2D eigenvalue weighted by atomic mass is 9.98. The van der Waals surface area contributed by atoms with Gasteiger partial charge in [-0.1, -0.05) is 97.1 Å². The topological polar surface area (TPSA) is 114 Å². The van der Waals surface area contributed by atoms with E-state index in [-0.39, 0.29) is 53.1 Å². The van der Waals surface area contributed by atoms with Crippen molar-refractivity contribution in [3.63, 3.8) is 0 Å². The molecule has 1 aliphatic rings. The minimum absolute atomic E-state index is 0.0327. The van der Waals surface area contributed by atoms with Crippen LogP contribution < -0.4 is 9.47 Å². The Morgan fingerprint density at radius 2 is 0.868 bits per heavy atom. The van der Waals surface area contributed by atoms with E-state index in [0.717, 1.165) is 11.1 Å². The molecule has 0 radical (unpaired) electrons. The van der Waals surface area contributed by atoms with E-state index in [9.17, 15) is 0 Å². The van der Waals surface area contributed by atoms with Crippen molar-refractivity contribution in [1.82, 2.24) is 8.61 Å². The Labute approximate surface area is 313 Å². The van der Waals surface area contributed by atoms with E-state index >= 15 is 8.42 Å². The second kappa shape index (κ2) is 21.7. The molecule has 4 aromatic carbocycles. The van der Waals surface area contributed by atoms with Crippen LogP contribution in [0.1, 0.15) is 11.1 Å². The third-order valence-corrected chi connectivity index (χ3v) is 10.6. The van der Waals surface area contributed by atoms with Gasteiger partial charge in [0.15, 0.2) is 0 Å². The van der Waals surface area contributed by atoms with Crippen LogP contribution in [0.3, 0.4) is 0 Å². The summed E-state index contributed by atoms with van der Waals surface area (Å²) in [4.78, 5) is 0. The number of benzene rings is 4. The maximum absolute atomic E-state index is 15.4. The van der Waals surface area contributed by atoms with E-state index in [1.165, 1.54) is 8.61 Å². The molecular weight excluding hydrogens is 701 g/mol. The Morgan fingerprint density at radius 3 is 1.23 bits per heavy atom. The average molecular weight is 751 g/mol. The van der Waals surface area contributed by atoms with Crippen LogP contribution in [-0.4, -0.2) is 109 Å². The van der Waals surface area contributed by atoms with E-state index in [4.69, 9.17) is 37.9 Å². The van der Waals surface area contributed by atoms with Crippen LogP contribution in [-0.2, 0) is 51.7 Å². The first-order valence-electron chi connectivity index (χ1n) is 17.6. The van der Waals surface area contributed by atoms with Gasteiger partial charge in [0, 0.05) is 27.3 Å². The maximum atomic E-state index is 15.4. The number of rotatable bonds is 22. The van der Waals surface area contributed by atoms with Crippen molar-refractivity contribution in [1.29, 1.82) is 0 Å². The zero-order chi connectivity index (χ0) is 37.1. The summed E-state index contributed by atoms with van der Waals surface area (Å²) in [5, 5.41) is 0. The van der Waals surface area contributed by atoms with Gasteiger partial charge in [0.1, 0.15) is 50.5 Å². The van der Waals surface area contributed by atoms with Gasteiger partial charge in [0.25, 0.3) is 10.2 Å². The largest absolute Gasteiger partial charge is 0.492 e. The first kappa shape index (κ1) is 40.3. The predicted molar refractivity (Wildman–Crippen MR) is 199 cm³/mol. The third-order valence-electron chi connectivity index (χ3n) is 8.66. The van der Waals surface area contributed by atoms with Crippen LogP contribution in [0.25, 0.3) is 0 Å². The summed E-state index contributed by atoms with van der Waals surface area (Å²) in [5.41, 5.74) is 1.57. The lowest BCUT2D eigenvalue weighted by Gasteiger charge is -2.36. The second-order valence-electron chi connectivity index (χ2n) is 12.3. The molecule has 53 heavy (non-hydrogen) atoms. The fourth-order valence-corrected chi connectivity index (χ4v) is 7.93. The van der Waals surface area contributed by atoms with Gasteiger partial charge in [-0.15, -0.1) is 0 Å². The molecule has 0 saturated carbocycles. The zero-order valence-corrected chi connectivity index (χ0v) is 31.1. The van der Waals surface area contributed by atoms with Crippen molar-refractivity contribution in [2.75, 3.05) is 67.4 Å². The average Bonchev–Trinajstić information content (AvgIpc) is 3.25. The lowest BCUT2D eigenvalue weighted by molar-refractivity contribution is -0.196. The summed E-state index contributed by atoms with van der Waals surface area (Å²) < 4.78 is 81.7. The summed E-state index contributed by atoms with van der Waals surface area (Å²) >= 11 is 0. The lowest BCUT2D eigenvalue weighted by Crippen LogP contribution is -2.55. The smallest absolute Gasteiger partial charge is 0.283 e. The van der Waals surface area contributed by atoms with Crippen LogP contribution in [0.2, 0.25) is 0 Å². The maximum Gasteiger partial charge on any atom is 0.283 e. The molecule has 1 saturated heterocycles.